The highest BCUT2D eigenvalue weighted by molar-refractivity contribution is 5.23. The van der Waals surface area contributed by atoms with Gasteiger partial charge in [0.2, 0.25) is 0 Å². The molecule has 0 saturated heterocycles. The standard InChI is InChI=1S/C9H10N4O/c14-4-3-8-1-2-9(11-5-8)13-7-10-6-12-13/h1-2,5-7,14H,3-4H2. The van der Waals surface area contributed by atoms with Gasteiger partial charge in [-0.1, -0.05) is 6.07 Å². The second-order valence-electron chi connectivity index (χ2n) is 2.84. The summed E-state index contributed by atoms with van der Waals surface area (Å²) in [5.41, 5.74) is 1.01. The first kappa shape index (κ1) is 8.83. The predicted octanol–water partition coefficient (Wildman–Crippen LogP) is 0.197. The fourth-order valence-corrected chi connectivity index (χ4v) is 1.16. The quantitative estimate of drug-likeness (QED) is 0.750. The van der Waals surface area contributed by atoms with Gasteiger partial charge in [0, 0.05) is 12.8 Å². The minimum Gasteiger partial charge on any atom is -0.396 e. The van der Waals surface area contributed by atoms with Crippen LogP contribution in [0.15, 0.2) is 31.0 Å². The number of hydrogen-bond acceptors (Lipinski definition) is 4. The van der Waals surface area contributed by atoms with Crippen LogP contribution in [0.3, 0.4) is 0 Å². The van der Waals surface area contributed by atoms with E-state index in [1.165, 1.54) is 6.33 Å². The Bertz CT molecular complexity index is 382. The van der Waals surface area contributed by atoms with Gasteiger partial charge < -0.3 is 5.11 Å². The molecule has 0 fully saturated rings. The Morgan fingerprint density at radius 2 is 2.29 bits per heavy atom. The zero-order chi connectivity index (χ0) is 9.80. The van der Waals surface area contributed by atoms with E-state index < -0.39 is 0 Å². The van der Waals surface area contributed by atoms with Gasteiger partial charge >= 0.3 is 0 Å². The molecule has 0 aliphatic carbocycles. The minimum absolute atomic E-state index is 0.143. The predicted molar refractivity (Wildman–Crippen MR) is 49.9 cm³/mol. The Hall–Kier alpha value is -1.75. The Labute approximate surface area is 81.1 Å². The molecule has 72 valence electrons. The molecular weight excluding hydrogens is 180 g/mol. The van der Waals surface area contributed by atoms with E-state index in [-0.39, 0.29) is 6.61 Å². The normalized spacial score (nSPS) is 10.4. The molecule has 0 bridgehead atoms. The summed E-state index contributed by atoms with van der Waals surface area (Å²) in [5.74, 6) is 0.726. The smallest absolute Gasteiger partial charge is 0.155 e. The molecule has 0 unspecified atom stereocenters. The number of aromatic nitrogens is 4. The van der Waals surface area contributed by atoms with Gasteiger partial charge in [0.25, 0.3) is 0 Å². The van der Waals surface area contributed by atoms with Crippen molar-refractivity contribution in [1.29, 1.82) is 0 Å². The highest BCUT2D eigenvalue weighted by Crippen LogP contribution is 2.03. The largest absolute Gasteiger partial charge is 0.396 e. The first-order chi connectivity index (χ1) is 6.90. The Morgan fingerprint density at radius 3 is 2.86 bits per heavy atom. The maximum absolute atomic E-state index is 8.72. The molecule has 0 saturated carbocycles. The average molecular weight is 190 g/mol. The summed E-state index contributed by atoms with van der Waals surface area (Å²) in [6.07, 6.45) is 5.41. The van der Waals surface area contributed by atoms with Crippen LogP contribution in [0.1, 0.15) is 5.56 Å². The van der Waals surface area contributed by atoms with Crippen LogP contribution in [-0.2, 0) is 6.42 Å². The third-order valence-corrected chi connectivity index (χ3v) is 1.86. The third-order valence-electron chi connectivity index (χ3n) is 1.86. The Kier molecular flexibility index (Phi) is 2.51. The second kappa shape index (κ2) is 3.97. The van der Waals surface area contributed by atoms with Crippen molar-refractivity contribution in [3.8, 4) is 5.82 Å². The summed E-state index contributed by atoms with van der Waals surface area (Å²) >= 11 is 0. The van der Waals surface area contributed by atoms with Crippen molar-refractivity contribution in [3.63, 3.8) is 0 Å². The van der Waals surface area contributed by atoms with Crippen molar-refractivity contribution in [2.24, 2.45) is 0 Å². The molecular formula is C9H10N4O. The molecule has 0 spiro atoms. The Morgan fingerprint density at radius 1 is 1.36 bits per heavy atom. The maximum atomic E-state index is 8.72. The lowest BCUT2D eigenvalue weighted by Gasteiger charge is -2.00. The molecule has 0 amide bonds. The lowest BCUT2D eigenvalue weighted by atomic mass is 10.2. The number of pyridine rings is 1. The van der Waals surface area contributed by atoms with Crippen LogP contribution in [0.5, 0.6) is 0 Å². The van der Waals surface area contributed by atoms with E-state index in [0.717, 1.165) is 11.4 Å². The molecule has 0 aliphatic rings. The lowest BCUT2D eigenvalue weighted by Crippen LogP contribution is -1.99. The summed E-state index contributed by atoms with van der Waals surface area (Å²) in [6.45, 7) is 0.143. The summed E-state index contributed by atoms with van der Waals surface area (Å²) in [7, 11) is 0. The van der Waals surface area contributed by atoms with Crippen molar-refractivity contribution in [2.75, 3.05) is 6.61 Å². The first-order valence-corrected chi connectivity index (χ1v) is 4.31. The van der Waals surface area contributed by atoms with Crippen LogP contribution in [-0.4, -0.2) is 31.5 Å². The van der Waals surface area contributed by atoms with E-state index in [2.05, 4.69) is 15.1 Å². The molecule has 1 N–H and O–H groups in total. The summed E-state index contributed by atoms with van der Waals surface area (Å²) in [6, 6.07) is 3.76. The average Bonchev–Trinajstić information content (AvgIpc) is 2.72. The van der Waals surface area contributed by atoms with Crippen LogP contribution in [0.4, 0.5) is 0 Å². The molecule has 0 aliphatic heterocycles. The van der Waals surface area contributed by atoms with Crippen LogP contribution in [0.2, 0.25) is 0 Å². The SMILES string of the molecule is OCCc1ccc(-n2cncn2)nc1. The maximum Gasteiger partial charge on any atom is 0.155 e. The minimum atomic E-state index is 0.143. The van der Waals surface area contributed by atoms with Crippen LogP contribution in [0, 0.1) is 0 Å². The van der Waals surface area contributed by atoms with Crippen molar-refractivity contribution < 1.29 is 5.11 Å². The van der Waals surface area contributed by atoms with Crippen molar-refractivity contribution in [2.45, 2.75) is 6.42 Å². The topological polar surface area (TPSA) is 63.8 Å². The molecule has 2 heterocycles. The van der Waals surface area contributed by atoms with Gasteiger partial charge in [0.15, 0.2) is 5.82 Å². The third kappa shape index (κ3) is 1.77. The number of aliphatic hydroxyl groups excluding tert-OH is 1. The number of aliphatic hydroxyl groups is 1. The second-order valence-corrected chi connectivity index (χ2v) is 2.84. The zero-order valence-corrected chi connectivity index (χ0v) is 7.54. The van der Waals surface area contributed by atoms with Gasteiger partial charge in [-0.25, -0.2) is 14.6 Å². The van der Waals surface area contributed by atoms with Gasteiger partial charge in [0.05, 0.1) is 0 Å². The van der Waals surface area contributed by atoms with E-state index in [1.807, 2.05) is 12.1 Å². The summed E-state index contributed by atoms with van der Waals surface area (Å²) in [4.78, 5) is 8.02. The molecule has 2 rings (SSSR count). The number of rotatable bonds is 3. The molecule has 5 nitrogen and oxygen atoms in total. The van der Waals surface area contributed by atoms with E-state index in [9.17, 15) is 0 Å². The number of nitrogens with zero attached hydrogens (tertiary/aromatic N) is 4. The lowest BCUT2D eigenvalue weighted by molar-refractivity contribution is 0.299. The fraction of sp³-hybridized carbons (Fsp3) is 0.222. The molecule has 14 heavy (non-hydrogen) atoms. The van der Waals surface area contributed by atoms with Gasteiger partial charge in [0.1, 0.15) is 12.7 Å². The van der Waals surface area contributed by atoms with Crippen LogP contribution < -0.4 is 0 Å². The van der Waals surface area contributed by atoms with Crippen molar-refractivity contribution >= 4 is 0 Å². The Balaban J connectivity index is 2.22. The van der Waals surface area contributed by atoms with Crippen LogP contribution in [0.25, 0.3) is 5.82 Å². The highest BCUT2D eigenvalue weighted by atomic mass is 16.2. The van der Waals surface area contributed by atoms with Gasteiger partial charge in [-0.2, -0.15) is 5.10 Å². The zero-order valence-electron chi connectivity index (χ0n) is 7.54. The van der Waals surface area contributed by atoms with Gasteiger partial charge in [-0.15, -0.1) is 0 Å². The van der Waals surface area contributed by atoms with E-state index in [0.29, 0.717) is 6.42 Å². The number of hydrogen-bond donors (Lipinski definition) is 1. The van der Waals surface area contributed by atoms with Gasteiger partial charge in [-0.3, -0.25) is 0 Å². The van der Waals surface area contributed by atoms with E-state index in [1.54, 1.807) is 17.2 Å². The summed E-state index contributed by atoms with van der Waals surface area (Å²) < 4.78 is 1.59. The molecule has 0 aromatic carbocycles. The van der Waals surface area contributed by atoms with Crippen molar-refractivity contribution in [3.05, 3.63) is 36.5 Å². The van der Waals surface area contributed by atoms with Crippen molar-refractivity contribution in [1.82, 2.24) is 19.7 Å². The monoisotopic (exact) mass is 190 g/mol. The molecule has 2 aromatic heterocycles. The summed E-state index contributed by atoms with van der Waals surface area (Å²) in [5, 5.41) is 12.7. The molecule has 5 heteroatoms. The fourth-order valence-electron chi connectivity index (χ4n) is 1.16. The highest BCUT2D eigenvalue weighted by Gasteiger charge is 1.98. The molecule has 0 atom stereocenters. The van der Waals surface area contributed by atoms with Crippen LogP contribution >= 0.6 is 0 Å². The van der Waals surface area contributed by atoms with Gasteiger partial charge in [-0.05, 0) is 18.1 Å². The molecule has 0 radical (unpaired) electrons. The molecule has 2 aromatic rings. The first-order valence-electron chi connectivity index (χ1n) is 4.31. The van der Waals surface area contributed by atoms with E-state index in [4.69, 9.17) is 5.11 Å². The van der Waals surface area contributed by atoms with E-state index >= 15 is 0 Å².